The van der Waals surface area contributed by atoms with Crippen LogP contribution in [0.1, 0.15) is 5.56 Å². The van der Waals surface area contributed by atoms with Gasteiger partial charge in [-0.1, -0.05) is 41.1 Å². The largest absolute Gasteiger partial charge is 0.484 e. The van der Waals surface area contributed by atoms with E-state index in [0.717, 1.165) is 11.3 Å². The average Bonchev–Trinajstić information content (AvgIpc) is 3.13. The zero-order chi connectivity index (χ0) is 20.6. The molecular weight excluding hydrogens is 432 g/mol. The number of hydrogen-bond acceptors (Lipinski definition) is 5. The molecule has 152 valence electrons. The summed E-state index contributed by atoms with van der Waals surface area (Å²) in [4.78, 5) is 18.5. The van der Waals surface area contributed by atoms with Gasteiger partial charge in [-0.3, -0.25) is 4.79 Å². The van der Waals surface area contributed by atoms with E-state index in [1.54, 1.807) is 24.3 Å². The number of carbonyl (C=O) groups excluding carboxylic acids is 1. The zero-order valence-electron chi connectivity index (χ0n) is 15.6. The molecule has 2 aliphatic heterocycles. The fraction of sp³-hybridized carbons (Fsp3) is 0.300. The minimum Gasteiger partial charge on any atom is -0.484 e. The first kappa shape index (κ1) is 20.3. The minimum atomic E-state index is -3.09. The van der Waals surface area contributed by atoms with Crippen molar-refractivity contribution in [3.8, 4) is 5.75 Å². The number of anilines is 1. The van der Waals surface area contributed by atoms with Gasteiger partial charge in [-0.05, 0) is 43.3 Å². The number of amidine groups is 1. The predicted octanol–water partition coefficient (Wildman–Crippen LogP) is 3.33. The van der Waals surface area contributed by atoms with Crippen LogP contribution >= 0.6 is 23.4 Å². The van der Waals surface area contributed by atoms with Gasteiger partial charge in [-0.2, -0.15) is 4.99 Å². The topological polar surface area (TPSA) is 76.0 Å². The monoisotopic (exact) mass is 450 g/mol. The first-order valence-corrected chi connectivity index (χ1v) is 12.1. The summed E-state index contributed by atoms with van der Waals surface area (Å²) in [5, 5.41) is 0.968. The van der Waals surface area contributed by atoms with Gasteiger partial charge >= 0.3 is 0 Å². The van der Waals surface area contributed by atoms with Crippen LogP contribution in [0.4, 0.5) is 5.69 Å². The lowest BCUT2D eigenvalue weighted by Gasteiger charge is -2.24. The van der Waals surface area contributed by atoms with E-state index in [4.69, 9.17) is 16.3 Å². The molecule has 2 fully saturated rings. The Labute approximate surface area is 178 Å². The summed E-state index contributed by atoms with van der Waals surface area (Å²) in [6, 6.07) is 14.3. The van der Waals surface area contributed by atoms with E-state index >= 15 is 0 Å². The minimum absolute atomic E-state index is 0.0625. The van der Waals surface area contributed by atoms with Crippen molar-refractivity contribution < 1.29 is 17.9 Å². The second-order valence-corrected chi connectivity index (χ2v) is 10.8. The smallest absolute Gasteiger partial charge is 0.285 e. The van der Waals surface area contributed by atoms with Gasteiger partial charge in [0.15, 0.2) is 21.6 Å². The molecule has 6 nitrogen and oxygen atoms in total. The van der Waals surface area contributed by atoms with Crippen LogP contribution in [0.3, 0.4) is 0 Å². The van der Waals surface area contributed by atoms with Crippen LogP contribution in [0.25, 0.3) is 0 Å². The van der Waals surface area contributed by atoms with Crippen molar-refractivity contribution in [2.24, 2.45) is 4.99 Å². The molecule has 9 heteroatoms. The third-order valence-electron chi connectivity index (χ3n) is 4.78. The Morgan fingerprint density at radius 2 is 1.86 bits per heavy atom. The number of hydrogen-bond donors (Lipinski definition) is 0. The summed E-state index contributed by atoms with van der Waals surface area (Å²) in [6.07, 6.45) is 0. The number of thioether (sulfide) groups is 1. The van der Waals surface area contributed by atoms with E-state index < -0.39 is 15.7 Å². The van der Waals surface area contributed by atoms with Gasteiger partial charge in [0.2, 0.25) is 0 Å². The molecule has 2 aromatic rings. The Morgan fingerprint density at radius 3 is 2.55 bits per heavy atom. The molecule has 1 amide bonds. The molecule has 0 saturated carbocycles. The first-order chi connectivity index (χ1) is 13.8. The number of fused-ring (bicyclic) bond motifs is 1. The molecule has 2 aliphatic rings. The fourth-order valence-corrected chi connectivity index (χ4v) is 7.44. The molecule has 2 atom stereocenters. The van der Waals surface area contributed by atoms with Crippen LogP contribution in [0.5, 0.6) is 5.75 Å². The number of rotatable bonds is 4. The summed E-state index contributed by atoms with van der Waals surface area (Å²) in [5.74, 6) is 0.259. The van der Waals surface area contributed by atoms with E-state index in [1.807, 2.05) is 36.1 Å². The molecule has 2 aromatic carbocycles. The quantitative estimate of drug-likeness (QED) is 0.711. The highest BCUT2D eigenvalue weighted by Gasteiger charge is 2.49. The van der Waals surface area contributed by atoms with Crippen molar-refractivity contribution in [3.05, 3.63) is 59.1 Å². The van der Waals surface area contributed by atoms with Gasteiger partial charge in [-0.15, -0.1) is 0 Å². The van der Waals surface area contributed by atoms with E-state index in [1.165, 1.54) is 11.8 Å². The molecule has 0 aromatic heterocycles. The summed E-state index contributed by atoms with van der Waals surface area (Å²) < 4.78 is 29.7. The lowest BCUT2D eigenvalue weighted by atomic mass is 10.1. The maximum Gasteiger partial charge on any atom is 0.285 e. The maximum atomic E-state index is 12.4. The van der Waals surface area contributed by atoms with E-state index in [-0.39, 0.29) is 29.4 Å². The summed E-state index contributed by atoms with van der Waals surface area (Å²) in [6.45, 7) is 1.78. The Kier molecular flexibility index (Phi) is 5.59. The molecule has 4 rings (SSSR count). The number of amides is 1. The number of benzene rings is 2. The maximum absolute atomic E-state index is 12.4. The Balaban J connectivity index is 1.54. The number of aryl methyl sites for hydroxylation is 1. The third-order valence-corrected chi connectivity index (χ3v) is 8.24. The molecule has 2 saturated heterocycles. The fourth-order valence-electron chi connectivity index (χ4n) is 3.39. The van der Waals surface area contributed by atoms with Crippen LogP contribution < -0.4 is 9.64 Å². The lowest BCUT2D eigenvalue weighted by molar-refractivity contribution is -0.119. The summed E-state index contributed by atoms with van der Waals surface area (Å²) in [5.41, 5.74) is 1.93. The van der Waals surface area contributed by atoms with Crippen LogP contribution in [-0.2, 0) is 14.6 Å². The molecule has 0 aliphatic carbocycles. The summed E-state index contributed by atoms with van der Waals surface area (Å²) in [7, 11) is -3.09. The van der Waals surface area contributed by atoms with Gasteiger partial charge < -0.3 is 9.64 Å². The number of carbonyl (C=O) groups is 1. The number of halogens is 1. The van der Waals surface area contributed by atoms with Crippen LogP contribution in [-0.4, -0.2) is 48.9 Å². The predicted molar refractivity (Wildman–Crippen MR) is 117 cm³/mol. The first-order valence-electron chi connectivity index (χ1n) is 9.04. The van der Waals surface area contributed by atoms with Gasteiger partial charge in [0, 0.05) is 16.0 Å². The van der Waals surface area contributed by atoms with E-state index in [9.17, 15) is 13.2 Å². The highest BCUT2D eigenvalue weighted by atomic mass is 35.5. The van der Waals surface area contributed by atoms with Crippen molar-refractivity contribution >= 4 is 50.0 Å². The standard InChI is InChI=1S/C20H19ClN2O4S2/c1-13-2-6-15(7-3-13)23-17-11-29(25,26)12-18(17)28-20(23)22-19(24)10-27-16-8-4-14(21)5-9-16/h2-9,17-18H,10-12H2,1H3. The Morgan fingerprint density at radius 1 is 1.17 bits per heavy atom. The normalized spacial score (nSPS) is 23.9. The molecule has 29 heavy (non-hydrogen) atoms. The second kappa shape index (κ2) is 8.01. The number of nitrogens with zero attached hydrogens (tertiary/aromatic N) is 2. The molecule has 2 unspecified atom stereocenters. The third kappa shape index (κ3) is 4.60. The SMILES string of the molecule is Cc1ccc(N2C(=NC(=O)COc3ccc(Cl)cc3)SC3CS(=O)(=O)CC32)cc1. The second-order valence-electron chi connectivity index (χ2n) is 7.04. The average molecular weight is 451 g/mol. The van der Waals surface area contributed by atoms with Crippen molar-refractivity contribution in [1.82, 2.24) is 0 Å². The molecule has 0 spiro atoms. The van der Waals surface area contributed by atoms with E-state index in [0.29, 0.717) is 15.9 Å². The molecule has 2 heterocycles. The molecule has 0 radical (unpaired) electrons. The van der Waals surface area contributed by atoms with E-state index in [2.05, 4.69) is 4.99 Å². The van der Waals surface area contributed by atoms with Crippen LogP contribution in [0.2, 0.25) is 5.02 Å². The number of sulfone groups is 1. The van der Waals surface area contributed by atoms with Gasteiger partial charge in [0.1, 0.15) is 5.75 Å². The molecule has 0 N–H and O–H groups in total. The van der Waals surface area contributed by atoms with Gasteiger partial charge in [0.05, 0.1) is 17.5 Å². The van der Waals surface area contributed by atoms with Gasteiger partial charge in [0.25, 0.3) is 5.91 Å². The highest BCUT2D eigenvalue weighted by Crippen LogP contribution is 2.41. The lowest BCUT2D eigenvalue weighted by Crippen LogP contribution is -2.37. The van der Waals surface area contributed by atoms with Crippen LogP contribution in [0.15, 0.2) is 53.5 Å². The highest BCUT2D eigenvalue weighted by molar-refractivity contribution is 8.16. The van der Waals surface area contributed by atoms with Crippen molar-refractivity contribution in [2.45, 2.75) is 18.2 Å². The van der Waals surface area contributed by atoms with Crippen molar-refractivity contribution in [1.29, 1.82) is 0 Å². The summed E-state index contributed by atoms with van der Waals surface area (Å²) >= 11 is 7.19. The van der Waals surface area contributed by atoms with Crippen molar-refractivity contribution in [2.75, 3.05) is 23.0 Å². The van der Waals surface area contributed by atoms with Gasteiger partial charge in [-0.25, -0.2) is 8.42 Å². The Hall–Kier alpha value is -2.03. The van der Waals surface area contributed by atoms with Crippen LogP contribution in [0, 0.1) is 6.92 Å². The molecule has 0 bridgehead atoms. The van der Waals surface area contributed by atoms with Crippen molar-refractivity contribution in [3.63, 3.8) is 0 Å². The number of ether oxygens (including phenoxy) is 1. The molecular formula is C20H19ClN2O4S2. The zero-order valence-corrected chi connectivity index (χ0v) is 18.0. The number of aliphatic imine (C=N–C) groups is 1. The Bertz CT molecular complexity index is 1050.